The zero-order valence-electron chi connectivity index (χ0n) is 11.1. The van der Waals surface area contributed by atoms with Crippen LogP contribution in [0.15, 0.2) is 30.5 Å². The molecule has 1 amide bonds. The minimum absolute atomic E-state index is 0.357. The number of aromatic nitrogens is 1. The van der Waals surface area contributed by atoms with E-state index in [0.717, 1.165) is 5.39 Å². The second kappa shape index (κ2) is 4.42. The molecule has 0 fully saturated rings. The van der Waals surface area contributed by atoms with Gasteiger partial charge >= 0.3 is 6.09 Å². The Morgan fingerprint density at radius 3 is 2.47 bits per heavy atom. The molecule has 2 N–H and O–H groups in total. The van der Waals surface area contributed by atoms with Gasteiger partial charge in [-0.1, -0.05) is 6.07 Å². The average Bonchev–Trinajstić information content (AvgIpc) is 2.68. The molecule has 1 heterocycles. The predicted molar refractivity (Wildman–Crippen MR) is 72.1 cm³/mol. The molecule has 19 heavy (non-hydrogen) atoms. The Morgan fingerprint density at radius 1 is 1.21 bits per heavy atom. The third-order valence-corrected chi connectivity index (χ3v) is 2.57. The van der Waals surface area contributed by atoms with Gasteiger partial charge in [-0.05, 0) is 39.0 Å². The Balaban J connectivity index is 2.46. The van der Waals surface area contributed by atoms with Gasteiger partial charge in [0.2, 0.25) is 5.91 Å². The number of primary amides is 1. The molecule has 0 unspecified atom stereocenters. The van der Waals surface area contributed by atoms with Crippen molar-refractivity contribution in [2.45, 2.75) is 26.4 Å². The summed E-state index contributed by atoms with van der Waals surface area (Å²) in [6.45, 7) is 5.39. The lowest BCUT2D eigenvalue weighted by molar-refractivity contribution is 0.0544. The number of amides is 1. The highest BCUT2D eigenvalue weighted by Gasteiger charge is 2.19. The fraction of sp³-hybridized carbons (Fsp3) is 0.286. The van der Waals surface area contributed by atoms with Crippen LogP contribution in [0.1, 0.15) is 31.1 Å². The number of rotatable bonds is 1. The Morgan fingerprint density at radius 2 is 1.89 bits per heavy atom. The van der Waals surface area contributed by atoms with Gasteiger partial charge in [0.15, 0.2) is 0 Å². The first-order valence-corrected chi connectivity index (χ1v) is 5.92. The lowest BCUT2D eigenvalue weighted by Crippen LogP contribution is -2.26. The predicted octanol–water partition coefficient (Wildman–Crippen LogP) is 2.52. The molecule has 0 spiro atoms. The molecule has 0 saturated heterocycles. The van der Waals surface area contributed by atoms with Crippen molar-refractivity contribution in [3.05, 3.63) is 36.0 Å². The molecule has 100 valence electrons. The van der Waals surface area contributed by atoms with E-state index >= 15 is 0 Å². The van der Waals surface area contributed by atoms with E-state index in [1.807, 2.05) is 0 Å². The number of fused-ring (bicyclic) bond motifs is 1. The van der Waals surface area contributed by atoms with Gasteiger partial charge in [-0.3, -0.25) is 9.36 Å². The van der Waals surface area contributed by atoms with Crippen molar-refractivity contribution < 1.29 is 14.3 Å². The Bertz CT molecular complexity index is 650. The molecule has 5 heteroatoms. The smallest absolute Gasteiger partial charge is 0.418 e. The number of ether oxygens (including phenoxy) is 1. The largest absolute Gasteiger partial charge is 0.443 e. The number of hydrogen-bond donors (Lipinski definition) is 1. The molecule has 2 rings (SSSR count). The Hall–Kier alpha value is -2.30. The number of carbonyl (C=O) groups is 2. The van der Waals surface area contributed by atoms with Crippen LogP contribution in [0.3, 0.4) is 0 Å². The standard InChI is InChI=1S/C14H16N2O3/c1-14(2,3)19-13(18)16-7-6-9-4-5-10(12(15)17)8-11(9)16/h4-8H,1-3H3,(H2,15,17). The highest BCUT2D eigenvalue weighted by Crippen LogP contribution is 2.19. The van der Waals surface area contributed by atoms with Gasteiger partial charge in [0.05, 0.1) is 5.52 Å². The summed E-state index contributed by atoms with van der Waals surface area (Å²) in [4.78, 5) is 23.2. The van der Waals surface area contributed by atoms with Crippen molar-refractivity contribution in [3.8, 4) is 0 Å². The van der Waals surface area contributed by atoms with E-state index in [-0.39, 0.29) is 0 Å². The van der Waals surface area contributed by atoms with Crippen molar-refractivity contribution in [1.82, 2.24) is 4.57 Å². The Labute approximate surface area is 110 Å². The minimum atomic E-state index is -0.574. The van der Waals surface area contributed by atoms with Crippen LogP contribution in [0.5, 0.6) is 0 Å². The fourth-order valence-corrected chi connectivity index (χ4v) is 1.75. The van der Waals surface area contributed by atoms with Crippen LogP contribution >= 0.6 is 0 Å². The van der Waals surface area contributed by atoms with Crippen molar-refractivity contribution in [3.63, 3.8) is 0 Å². The normalized spacial score (nSPS) is 11.5. The summed E-state index contributed by atoms with van der Waals surface area (Å²) in [5.41, 5.74) is 5.62. The number of carbonyl (C=O) groups excluding carboxylic acids is 2. The first-order chi connectivity index (χ1) is 8.78. The van der Waals surface area contributed by atoms with Gasteiger partial charge in [0.1, 0.15) is 5.60 Å². The van der Waals surface area contributed by atoms with Crippen molar-refractivity contribution in [2.24, 2.45) is 5.73 Å². The van der Waals surface area contributed by atoms with E-state index in [0.29, 0.717) is 11.1 Å². The first kappa shape index (κ1) is 13.1. The lowest BCUT2D eigenvalue weighted by Gasteiger charge is -2.19. The minimum Gasteiger partial charge on any atom is -0.443 e. The van der Waals surface area contributed by atoms with Crippen LogP contribution in [0.25, 0.3) is 10.9 Å². The molecule has 0 radical (unpaired) electrons. The van der Waals surface area contributed by atoms with Crippen molar-refractivity contribution in [1.29, 1.82) is 0 Å². The van der Waals surface area contributed by atoms with Crippen LogP contribution in [-0.4, -0.2) is 22.2 Å². The third-order valence-electron chi connectivity index (χ3n) is 2.57. The van der Waals surface area contributed by atoms with Gasteiger partial charge in [0, 0.05) is 17.1 Å². The summed E-state index contributed by atoms with van der Waals surface area (Å²) in [5.74, 6) is -0.529. The highest BCUT2D eigenvalue weighted by molar-refractivity contribution is 5.98. The summed E-state index contributed by atoms with van der Waals surface area (Å²) >= 11 is 0. The van der Waals surface area contributed by atoms with E-state index in [2.05, 4.69) is 0 Å². The van der Waals surface area contributed by atoms with Crippen LogP contribution < -0.4 is 5.73 Å². The van der Waals surface area contributed by atoms with Gasteiger partial charge in [0.25, 0.3) is 0 Å². The maximum atomic E-state index is 12.0. The van der Waals surface area contributed by atoms with Crippen LogP contribution in [0.2, 0.25) is 0 Å². The second-order valence-electron chi connectivity index (χ2n) is 5.30. The number of nitrogens with zero attached hydrogens (tertiary/aromatic N) is 1. The molecule has 0 aliphatic heterocycles. The maximum Gasteiger partial charge on any atom is 0.418 e. The lowest BCUT2D eigenvalue weighted by atomic mass is 10.1. The summed E-state index contributed by atoms with van der Waals surface area (Å²) < 4.78 is 6.67. The van der Waals surface area contributed by atoms with Crippen LogP contribution in [0, 0.1) is 0 Å². The Kier molecular flexibility index (Phi) is 3.06. The van der Waals surface area contributed by atoms with Crippen LogP contribution in [0.4, 0.5) is 4.79 Å². The topological polar surface area (TPSA) is 74.3 Å². The molecule has 0 aliphatic carbocycles. The summed E-state index contributed by atoms with van der Waals surface area (Å²) in [5, 5.41) is 0.843. The molecule has 5 nitrogen and oxygen atoms in total. The molecule has 0 bridgehead atoms. The van der Waals surface area contributed by atoms with E-state index in [1.165, 1.54) is 4.57 Å². The zero-order valence-corrected chi connectivity index (χ0v) is 11.1. The SMILES string of the molecule is CC(C)(C)OC(=O)n1ccc2ccc(C(N)=O)cc21. The molecule has 1 aromatic heterocycles. The number of benzene rings is 1. The summed E-state index contributed by atoms with van der Waals surface area (Å²) in [7, 11) is 0. The second-order valence-corrected chi connectivity index (χ2v) is 5.30. The highest BCUT2D eigenvalue weighted by atomic mass is 16.6. The average molecular weight is 260 g/mol. The van der Waals surface area contributed by atoms with Gasteiger partial charge in [-0.2, -0.15) is 0 Å². The van der Waals surface area contributed by atoms with Gasteiger partial charge in [-0.25, -0.2) is 4.79 Å². The molecule has 0 atom stereocenters. The monoisotopic (exact) mass is 260 g/mol. The van der Waals surface area contributed by atoms with Crippen LogP contribution in [-0.2, 0) is 4.74 Å². The fourth-order valence-electron chi connectivity index (χ4n) is 1.75. The van der Waals surface area contributed by atoms with E-state index in [1.54, 1.807) is 51.2 Å². The molecular formula is C14H16N2O3. The van der Waals surface area contributed by atoms with Crippen molar-refractivity contribution in [2.75, 3.05) is 0 Å². The van der Waals surface area contributed by atoms with Crippen molar-refractivity contribution >= 4 is 22.9 Å². The number of hydrogen-bond acceptors (Lipinski definition) is 3. The molecule has 1 aromatic carbocycles. The summed E-state index contributed by atoms with van der Waals surface area (Å²) in [6.07, 6.45) is 1.13. The molecular weight excluding hydrogens is 244 g/mol. The van der Waals surface area contributed by atoms with Gasteiger partial charge < -0.3 is 10.5 Å². The zero-order chi connectivity index (χ0) is 14.2. The summed E-state index contributed by atoms with van der Waals surface area (Å²) in [6, 6.07) is 6.74. The van der Waals surface area contributed by atoms with E-state index in [4.69, 9.17) is 10.5 Å². The van der Waals surface area contributed by atoms with E-state index in [9.17, 15) is 9.59 Å². The molecule has 2 aromatic rings. The maximum absolute atomic E-state index is 12.0. The third kappa shape index (κ3) is 2.76. The van der Waals surface area contributed by atoms with E-state index < -0.39 is 17.6 Å². The van der Waals surface area contributed by atoms with Gasteiger partial charge in [-0.15, -0.1) is 0 Å². The number of nitrogens with two attached hydrogens (primary N) is 1. The quantitative estimate of drug-likeness (QED) is 0.856. The first-order valence-electron chi connectivity index (χ1n) is 5.92. The molecule has 0 saturated carbocycles. The molecule has 0 aliphatic rings.